The molecule has 1 amide bonds. The Bertz CT molecular complexity index is 947. The van der Waals surface area contributed by atoms with E-state index in [0.29, 0.717) is 5.75 Å². The molecule has 154 valence electrons. The van der Waals surface area contributed by atoms with Crippen LogP contribution in [0.2, 0.25) is 0 Å². The monoisotopic (exact) mass is 403 g/mol. The molecule has 0 radical (unpaired) electrons. The topological polar surface area (TPSA) is 64.6 Å². The summed E-state index contributed by atoms with van der Waals surface area (Å²) < 4.78 is 10.6. The predicted octanol–water partition coefficient (Wildman–Crippen LogP) is 4.13. The lowest BCUT2D eigenvalue weighted by atomic mass is 9.99. The Balaban J connectivity index is 1.54. The molecule has 1 N–H and O–H groups in total. The van der Waals surface area contributed by atoms with Gasteiger partial charge in [0.15, 0.2) is 13.2 Å². The molecule has 0 spiro atoms. The molecule has 0 fully saturated rings. The largest absolute Gasteiger partial charge is 0.482 e. The highest BCUT2D eigenvalue weighted by molar-refractivity contribution is 5.81. The van der Waals surface area contributed by atoms with Crippen LogP contribution in [0.4, 0.5) is 0 Å². The maximum Gasteiger partial charge on any atom is 0.344 e. The summed E-state index contributed by atoms with van der Waals surface area (Å²) in [6.07, 6.45) is 0. The summed E-state index contributed by atoms with van der Waals surface area (Å²) in [5.74, 6) is -0.358. The quantitative estimate of drug-likeness (QED) is 0.575. The van der Waals surface area contributed by atoms with Crippen molar-refractivity contribution in [1.82, 2.24) is 5.32 Å². The average Bonchev–Trinajstić information content (AvgIpc) is 2.76. The van der Waals surface area contributed by atoms with Crippen LogP contribution in [0.15, 0.2) is 78.9 Å². The smallest absolute Gasteiger partial charge is 0.344 e. The number of carbonyl (C=O) groups is 2. The second kappa shape index (κ2) is 10.3. The van der Waals surface area contributed by atoms with Crippen molar-refractivity contribution in [2.45, 2.75) is 19.9 Å². The molecule has 0 unspecified atom stereocenters. The van der Waals surface area contributed by atoms with Crippen molar-refractivity contribution in [3.05, 3.63) is 101 Å². The van der Waals surface area contributed by atoms with Gasteiger partial charge < -0.3 is 14.8 Å². The van der Waals surface area contributed by atoms with Crippen LogP contribution in [-0.4, -0.2) is 25.1 Å². The van der Waals surface area contributed by atoms with E-state index in [1.807, 2.05) is 92.7 Å². The molecule has 0 saturated carbocycles. The van der Waals surface area contributed by atoms with E-state index in [1.165, 1.54) is 0 Å². The highest BCUT2D eigenvalue weighted by Crippen LogP contribution is 2.21. The predicted molar refractivity (Wildman–Crippen MR) is 115 cm³/mol. The van der Waals surface area contributed by atoms with Crippen LogP contribution in [-0.2, 0) is 14.3 Å². The molecule has 0 atom stereocenters. The number of esters is 1. The molecule has 0 aliphatic rings. The van der Waals surface area contributed by atoms with Gasteiger partial charge >= 0.3 is 5.97 Å². The van der Waals surface area contributed by atoms with E-state index in [2.05, 4.69) is 5.32 Å². The Morgan fingerprint density at radius 3 is 2.00 bits per heavy atom. The van der Waals surface area contributed by atoms with Crippen LogP contribution in [0, 0.1) is 13.8 Å². The number of aryl methyl sites for hydroxylation is 2. The van der Waals surface area contributed by atoms with Crippen molar-refractivity contribution in [3.63, 3.8) is 0 Å². The third-order valence-corrected chi connectivity index (χ3v) is 4.61. The fraction of sp³-hybridized carbons (Fsp3) is 0.200. The summed E-state index contributed by atoms with van der Waals surface area (Å²) >= 11 is 0. The van der Waals surface area contributed by atoms with Gasteiger partial charge in [-0.05, 0) is 36.6 Å². The molecule has 0 aromatic heterocycles. The maximum atomic E-state index is 12.4. The number of hydrogen-bond acceptors (Lipinski definition) is 4. The molecule has 3 aromatic rings. The third kappa shape index (κ3) is 5.95. The Morgan fingerprint density at radius 1 is 0.833 bits per heavy atom. The van der Waals surface area contributed by atoms with Gasteiger partial charge in [-0.2, -0.15) is 0 Å². The maximum absolute atomic E-state index is 12.4. The van der Waals surface area contributed by atoms with E-state index in [0.717, 1.165) is 22.3 Å². The number of nitrogens with one attached hydrogen (secondary N) is 1. The number of rotatable bonds is 8. The second-order valence-electron chi connectivity index (χ2n) is 7.04. The Hall–Kier alpha value is -3.60. The van der Waals surface area contributed by atoms with Gasteiger partial charge in [-0.15, -0.1) is 0 Å². The molecule has 3 rings (SSSR count). The number of amides is 1. The fourth-order valence-electron chi connectivity index (χ4n) is 3.14. The van der Waals surface area contributed by atoms with Crippen LogP contribution in [0.25, 0.3) is 0 Å². The summed E-state index contributed by atoms with van der Waals surface area (Å²) in [7, 11) is 0. The van der Waals surface area contributed by atoms with E-state index in [-0.39, 0.29) is 25.2 Å². The van der Waals surface area contributed by atoms with Crippen LogP contribution in [0.3, 0.4) is 0 Å². The van der Waals surface area contributed by atoms with Crippen molar-refractivity contribution in [2.75, 3.05) is 13.2 Å². The lowest BCUT2D eigenvalue weighted by molar-refractivity contribution is -0.150. The lowest BCUT2D eigenvalue weighted by Crippen LogP contribution is -2.33. The van der Waals surface area contributed by atoms with Gasteiger partial charge in [0, 0.05) is 0 Å². The highest BCUT2D eigenvalue weighted by Gasteiger charge is 2.17. The van der Waals surface area contributed by atoms with Crippen LogP contribution in [0.1, 0.15) is 28.3 Å². The molecule has 0 bridgehead atoms. The molecular formula is C25H25NO4. The summed E-state index contributed by atoms with van der Waals surface area (Å²) in [4.78, 5) is 24.4. The normalized spacial score (nSPS) is 10.5. The van der Waals surface area contributed by atoms with Crippen molar-refractivity contribution in [3.8, 4) is 5.75 Å². The Kier molecular flexibility index (Phi) is 7.22. The highest BCUT2D eigenvalue weighted by atomic mass is 16.6. The minimum Gasteiger partial charge on any atom is -0.482 e. The zero-order chi connectivity index (χ0) is 21.3. The first-order chi connectivity index (χ1) is 14.5. The van der Waals surface area contributed by atoms with Gasteiger partial charge in [-0.1, -0.05) is 78.4 Å². The van der Waals surface area contributed by atoms with Gasteiger partial charge in [-0.25, -0.2) is 4.79 Å². The van der Waals surface area contributed by atoms with Gasteiger partial charge in [-0.3, -0.25) is 4.79 Å². The minimum atomic E-state index is -0.596. The van der Waals surface area contributed by atoms with Crippen LogP contribution in [0.5, 0.6) is 5.75 Å². The first-order valence-electron chi connectivity index (χ1n) is 9.78. The lowest BCUT2D eigenvalue weighted by Gasteiger charge is -2.20. The molecule has 0 aliphatic carbocycles. The van der Waals surface area contributed by atoms with Gasteiger partial charge in [0.25, 0.3) is 5.91 Å². The number of hydrogen-bond donors (Lipinski definition) is 1. The molecule has 5 nitrogen and oxygen atoms in total. The van der Waals surface area contributed by atoms with Crippen LogP contribution < -0.4 is 10.1 Å². The fourth-order valence-corrected chi connectivity index (χ4v) is 3.14. The number of ether oxygens (including phenoxy) is 2. The summed E-state index contributed by atoms with van der Waals surface area (Å²) in [5, 5.41) is 2.94. The Labute approximate surface area is 176 Å². The number of carbonyl (C=O) groups excluding carboxylic acids is 2. The zero-order valence-corrected chi connectivity index (χ0v) is 17.1. The van der Waals surface area contributed by atoms with Crippen molar-refractivity contribution in [2.24, 2.45) is 0 Å². The number of benzene rings is 3. The summed E-state index contributed by atoms with van der Waals surface area (Å²) in [6.45, 7) is 3.28. The van der Waals surface area contributed by atoms with E-state index in [9.17, 15) is 9.59 Å². The van der Waals surface area contributed by atoms with E-state index in [1.54, 1.807) is 0 Å². The standard InChI is InChI=1S/C25H25NO4/c1-18-13-14-22(19(2)15-18)29-17-24(28)30-16-23(27)26-25(20-9-5-3-6-10-20)21-11-7-4-8-12-21/h3-15,25H,16-17H2,1-2H3,(H,26,27). The van der Waals surface area contributed by atoms with Gasteiger partial charge in [0.2, 0.25) is 0 Å². The zero-order valence-electron chi connectivity index (χ0n) is 17.1. The summed E-state index contributed by atoms with van der Waals surface area (Å²) in [6, 6.07) is 24.7. The molecule has 30 heavy (non-hydrogen) atoms. The third-order valence-electron chi connectivity index (χ3n) is 4.61. The molecular weight excluding hydrogens is 378 g/mol. The van der Waals surface area contributed by atoms with Crippen molar-refractivity contribution >= 4 is 11.9 Å². The van der Waals surface area contributed by atoms with Crippen molar-refractivity contribution < 1.29 is 19.1 Å². The second-order valence-corrected chi connectivity index (χ2v) is 7.04. The first kappa shape index (κ1) is 21.1. The Morgan fingerprint density at radius 2 is 1.43 bits per heavy atom. The minimum absolute atomic E-state index is 0.252. The first-order valence-corrected chi connectivity index (χ1v) is 9.78. The SMILES string of the molecule is Cc1ccc(OCC(=O)OCC(=O)NC(c2ccccc2)c2ccccc2)c(C)c1. The van der Waals surface area contributed by atoms with E-state index in [4.69, 9.17) is 9.47 Å². The summed E-state index contributed by atoms with van der Waals surface area (Å²) in [5.41, 5.74) is 3.95. The van der Waals surface area contributed by atoms with Crippen LogP contribution >= 0.6 is 0 Å². The van der Waals surface area contributed by atoms with E-state index < -0.39 is 5.97 Å². The van der Waals surface area contributed by atoms with E-state index >= 15 is 0 Å². The van der Waals surface area contributed by atoms with Gasteiger partial charge in [0.05, 0.1) is 6.04 Å². The molecule has 0 aliphatic heterocycles. The molecule has 3 aromatic carbocycles. The van der Waals surface area contributed by atoms with Gasteiger partial charge in [0.1, 0.15) is 5.75 Å². The average molecular weight is 403 g/mol. The molecule has 5 heteroatoms. The van der Waals surface area contributed by atoms with Crippen molar-refractivity contribution in [1.29, 1.82) is 0 Å². The molecule has 0 saturated heterocycles. The molecule has 0 heterocycles.